The van der Waals surface area contributed by atoms with E-state index < -0.39 is 35.5 Å². The minimum atomic E-state index is -4.67. The third-order valence-electron chi connectivity index (χ3n) is 9.41. The second kappa shape index (κ2) is 16.0. The van der Waals surface area contributed by atoms with E-state index in [9.17, 15) is 32.3 Å². The molecule has 0 N–H and O–H groups in total. The molecule has 1 aliphatic rings. The van der Waals surface area contributed by atoms with E-state index in [1.807, 2.05) is 28.2 Å². The Morgan fingerprint density at radius 1 is 0.673 bits per heavy atom. The number of rotatable bonds is 16. The Kier molecular flexibility index (Phi) is 12.9. The monoisotopic (exact) mass is 732 g/mol. The number of benzene rings is 2. The maximum absolute atomic E-state index is 14.9. The lowest BCUT2D eigenvalue weighted by molar-refractivity contribution is -0.889. The summed E-state index contributed by atoms with van der Waals surface area (Å²) >= 11 is 0. The van der Waals surface area contributed by atoms with Crippen molar-refractivity contribution in [3.05, 3.63) is 70.8 Å². The van der Waals surface area contributed by atoms with Gasteiger partial charge in [-0.15, -0.1) is 0 Å². The molecule has 284 valence electrons. The number of alkyl halides is 3. The van der Waals surface area contributed by atoms with Gasteiger partial charge in [0.15, 0.2) is 0 Å². The zero-order valence-electron chi connectivity index (χ0n) is 31.7. The van der Waals surface area contributed by atoms with Crippen LogP contribution in [0.25, 0.3) is 11.1 Å². The molecule has 0 atom stereocenters. The quantitative estimate of drug-likeness (QED) is 0.0879. The molecule has 0 aliphatic heterocycles. The van der Waals surface area contributed by atoms with Crippen LogP contribution in [0.3, 0.4) is 0 Å². The van der Waals surface area contributed by atoms with E-state index in [2.05, 4.69) is 13.2 Å². The maximum Gasteiger partial charge on any atom is 0.402 e. The van der Waals surface area contributed by atoms with Crippen molar-refractivity contribution in [2.45, 2.75) is 59.1 Å². The van der Waals surface area contributed by atoms with Gasteiger partial charge in [0.25, 0.3) is 0 Å². The van der Waals surface area contributed by atoms with Crippen LogP contribution >= 0.6 is 0 Å². The van der Waals surface area contributed by atoms with Gasteiger partial charge in [0.1, 0.15) is 43.2 Å². The van der Waals surface area contributed by atoms with Crippen LogP contribution in [0.1, 0.15) is 55.9 Å². The van der Waals surface area contributed by atoms with Gasteiger partial charge in [-0.1, -0.05) is 25.3 Å². The highest BCUT2D eigenvalue weighted by molar-refractivity contribution is 5.88. The van der Waals surface area contributed by atoms with Gasteiger partial charge in [-0.25, -0.2) is 9.59 Å². The molecule has 0 saturated heterocycles. The number of aryl methyl sites for hydroxylation is 2. The van der Waals surface area contributed by atoms with Crippen molar-refractivity contribution in [1.82, 2.24) is 0 Å². The number of quaternary nitrogens is 2. The van der Waals surface area contributed by atoms with Crippen molar-refractivity contribution in [3.8, 4) is 22.6 Å². The first-order chi connectivity index (χ1) is 23.9. The predicted octanol–water partition coefficient (Wildman–Crippen LogP) is 6.13. The fourth-order valence-corrected chi connectivity index (χ4v) is 5.70. The molecule has 3 rings (SSSR count). The van der Waals surface area contributed by atoms with Crippen LogP contribution in [0.5, 0.6) is 11.5 Å². The van der Waals surface area contributed by atoms with Crippen LogP contribution in [0, 0.1) is 13.8 Å². The molecule has 0 amide bonds. The van der Waals surface area contributed by atoms with Gasteiger partial charge >= 0.3 is 30.1 Å². The normalized spacial score (nSPS) is 13.5. The fourth-order valence-electron chi connectivity index (χ4n) is 5.70. The van der Waals surface area contributed by atoms with Gasteiger partial charge in [-0.2, -0.15) is 13.2 Å². The number of nitrogens with zero attached hydrogens (tertiary/aromatic N) is 2. The number of hydrogen-bond acceptors (Lipinski definition) is 8. The lowest BCUT2D eigenvalue weighted by Gasteiger charge is -2.31. The van der Waals surface area contributed by atoms with Crippen molar-refractivity contribution in [2.24, 2.45) is 0 Å². The minimum Gasteiger partial charge on any atom is -0.456 e. The zero-order chi connectivity index (χ0) is 39.4. The summed E-state index contributed by atoms with van der Waals surface area (Å²) in [4.78, 5) is 49.3. The number of fused-ring (bicyclic) bond motifs is 3. The van der Waals surface area contributed by atoms with E-state index in [4.69, 9.17) is 18.9 Å². The molecule has 0 aromatic heterocycles. The van der Waals surface area contributed by atoms with Gasteiger partial charge in [0.2, 0.25) is 0 Å². The first-order valence-corrected chi connectivity index (χ1v) is 17.0. The van der Waals surface area contributed by atoms with E-state index in [0.717, 1.165) is 6.92 Å². The average Bonchev–Trinajstić information content (AvgIpc) is 3.26. The number of ether oxygens (including phenoxy) is 4. The molecule has 0 spiro atoms. The lowest BCUT2D eigenvalue weighted by atomic mass is 9.78. The summed E-state index contributed by atoms with van der Waals surface area (Å²) in [6.45, 7) is 16.4. The summed E-state index contributed by atoms with van der Waals surface area (Å²) in [5.74, 6) is -1.89. The van der Waals surface area contributed by atoms with Gasteiger partial charge in [0, 0.05) is 11.1 Å². The first-order valence-electron chi connectivity index (χ1n) is 17.0. The van der Waals surface area contributed by atoms with Crippen LogP contribution in [-0.2, 0) is 34.1 Å². The van der Waals surface area contributed by atoms with Crippen molar-refractivity contribution >= 4 is 23.9 Å². The van der Waals surface area contributed by atoms with E-state index in [0.29, 0.717) is 46.3 Å². The number of carbonyl (C=O) groups excluding carboxylic acids is 4. The topological polar surface area (TPSA) is 105 Å². The molecule has 0 unspecified atom stereocenters. The Morgan fingerprint density at radius 3 is 1.33 bits per heavy atom. The molecule has 0 heterocycles. The summed E-state index contributed by atoms with van der Waals surface area (Å²) in [5, 5.41) is 0. The number of esters is 4. The van der Waals surface area contributed by atoms with E-state index in [1.54, 1.807) is 27.7 Å². The number of hydrogen-bond donors (Lipinski definition) is 0. The molecule has 0 fully saturated rings. The van der Waals surface area contributed by atoms with Crippen molar-refractivity contribution < 1.29 is 60.3 Å². The summed E-state index contributed by atoms with van der Waals surface area (Å²) in [6, 6.07) is 5.68. The Bertz CT molecular complexity index is 1640. The smallest absolute Gasteiger partial charge is 0.402 e. The Labute approximate surface area is 303 Å². The minimum absolute atomic E-state index is 0.00324. The second-order valence-corrected chi connectivity index (χ2v) is 15.0. The highest BCUT2D eigenvalue weighted by Crippen LogP contribution is 2.58. The molecule has 0 radical (unpaired) electrons. The second-order valence-electron chi connectivity index (χ2n) is 15.0. The fraction of sp³-hybridized carbons (Fsp3) is 0.487. The van der Waals surface area contributed by atoms with Crippen LogP contribution in [-0.4, -0.2) is 107 Å². The molecule has 0 bridgehead atoms. The van der Waals surface area contributed by atoms with Crippen LogP contribution < -0.4 is 9.47 Å². The van der Waals surface area contributed by atoms with Gasteiger partial charge in [0.05, 0.1) is 54.1 Å². The van der Waals surface area contributed by atoms with Crippen LogP contribution in [0.15, 0.2) is 48.6 Å². The van der Waals surface area contributed by atoms with Crippen molar-refractivity contribution in [3.63, 3.8) is 0 Å². The maximum atomic E-state index is 14.9. The van der Waals surface area contributed by atoms with E-state index in [1.165, 1.54) is 24.3 Å². The average molecular weight is 733 g/mol. The number of carbonyl (C=O) groups is 4. The summed E-state index contributed by atoms with van der Waals surface area (Å²) in [5.41, 5.74) is -0.636. The molecule has 0 saturated carbocycles. The van der Waals surface area contributed by atoms with Gasteiger partial charge in [-0.3, -0.25) is 9.59 Å². The largest absolute Gasteiger partial charge is 0.456 e. The highest BCUT2D eigenvalue weighted by Gasteiger charge is 2.58. The van der Waals surface area contributed by atoms with Crippen LogP contribution in [0.4, 0.5) is 13.2 Å². The first kappa shape index (κ1) is 41.9. The van der Waals surface area contributed by atoms with Crippen molar-refractivity contribution in [2.75, 3.05) is 67.6 Å². The molecule has 2 aromatic carbocycles. The standard InChI is InChI=1S/C39H51F3N2O8/c1-24(2)36(47)49-18-16-43(8,9)14-12-34(45)51-32-22-28-29-23-33(52-35(46)13-15-44(10,11)17-19-50-37(48)25(3)4)27(6)21-31(29)38(7,39(40,41)42)30(28)20-26(32)5/h20-23H,1,3,12-19H2,2,4-11H3/q+2. The van der Waals surface area contributed by atoms with Crippen LogP contribution in [0.2, 0.25) is 0 Å². The van der Waals surface area contributed by atoms with Crippen molar-refractivity contribution in [1.29, 1.82) is 0 Å². The number of likely N-dealkylation sites (N-methyl/N-ethyl adjacent to an activating group) is 2. The van der Waals surface area contributed by atoms with E-state index in [-0.39, 0.29) is 71.0 Å². The number of halogens is 3. The Morgan fingerprint density at radius 2 is 1.02 bits per heavy atom. The summed E-state index contributed by atoms with van der Waals surface area (Å²) in [7, 11) is 7.48. The third kappa shape index (κ3) is 10.1. The molecule has 1 aliphatic carbocycles. The zero-order valence-corrected chi connectivity index (χ0v) is 31.7. The molecule has 13 heteroatoms. The Balaban J connectivity index is 1.81. The molecular formula is C39H51F3N2O8+2. The molecule has 10 nitrogen and oxygen atoms in total. The SMILES string of the molecule is C=C(C)C(=O)OCC[N+](C)(C)CCC(=O)Oc1cc2c(cc1C)C(C)(C(F)(F)F)c1cc(C)c(OC(=O)CC[N+](C)(C)CCOC(=O)C(=C)C)cc1-2. The predicted molar refractivity (Wildman–Crippen MR) is 190 cm³/mol. The molecule has 52 heavy (non-hydrogen) atoms. The molecule has 2 aromatic rings. The molecular weight excluding hydrogens is 681 g/mol. The lowest BCUT2D eigenvalue weighted by Crippen LogP contribution is -2.44. The van der Waals surface area contributed by atoms with E-state index >= 15 is 0 Å². The van der Waals surface area contributed by atoms with Gasteiger partial charge < -0.3 is 27.9 Å². The Hall–Kier alpha value is -4.49. The summed E-state index contributed by atoms with van der Waals surface area (Å²) in [6.07, 6.45) is -4.67. The third-order valence-corrected chi connectivity index (χ3v) is 9.41. The van der Waals surface area contributed by atoms with Gasteiger partial charge in [-0.05, 0) is 80.1 Å². The summed E-state index contributed by atoms with van der Waals surface area (Å²) < 4.78 is 67.2. The highest BCUT2D eigenvalue weighted by atomic mass is 19.4.